The molecule has 3 fully saturated rings. The van der Waals surface area contributed by atoms with Gasteiger partial charge in [0.1, 0.15) is 54.4 Å². The summed E-state index contributed by atoms with van der Waals surface area (Å²) in [6.07, 6.45) is 9.75. The number of aliphatic hydroxyl groups is 6. The monoisotopic (exact) mass is 1760 g/mol. The van der Waals surface area contributed by atoms with Crippen molar-refractivity contribution in [1.82, 2.24) is 55.2 Å². The molecule has 3 unspecified atom stereocenters. The molecular formula is C80H117Cl3N14O24. The number of unbranched alkanes of at least 4 members (excludes halogenated alkanes) is 9. The van der Waals surface area contributed by atoms with Crippen LogP contribution in [0.15, 0.2) is 57.2 Å². The average molecular weight is 1770 g/mol. The Labute approximate surface area is 717 Å². The summed E-state index contributed by atoms with van der Waals surface area (Å²) in [7, 11) is 0. The van der Waals surface area contributed by atoms with Crippen LogP contribution in [-0.4, -0.2) is 282 Å². The van der Waals surface area contributed by atoms with Crippen LogP contribution in [0.25, 0.3) is 0 Å². The van der Waals surface area contributed by atoms with Gasteiger partial charge in [0, 0.05) is 119 Å². The van der Waals surface area contributed by atoms with E-state index in [9.17, 15) is 69.0 Å². The lowest BCUT2D eigenvalue weighted by molar-refractivity contribution is -0.122. The lowest BCUT2D eigenvalue weighted by atomic mass is 10.1. The first-order chi connectivity index (χ1) is 58.6. The Morgan fingerprint density at radius 1 is 0.421 bits per heavy atom. The quantitative estimate of drug-likeness (QED) is 0.0168. The summed E-state index contributed by atoms with van der Waals surface area (Å²) in [6.45, 7) is 5.70. The molecule has 0 radical (unpaired) electrons. The number of amides is 5. The molecule has 121 heavy (non-hydrogen) atoms. The number of carbonyl (C=O) groups is 5. The number of nitrogen functional groups attached to an aromatic ring is 3. The van der Waals surface area contributed by atoms with E-state index in [1.165, 1.54) is 30.7 Å². The Hall–Kier alpha value is -8.64. The molecular weight excluding hydrogens is 1650 g/mol. The predicted octanol–water partition coefficient (Wildman–Crippen LogP) is 1.24. The minimum Gasteiger partial charge on any atom is -0.436 e. The molecule has 0 saturated carbocycles. The number of hydrogen-bond acceptors (Lipinski definition) is 30. The Kier molecular flexibility index (Phi) is 52.4. The number of nitrogens with two attached hydrogens (primary N) is 3. The van der Waals surface area contributed by atoms with Crippen LogP contribution < -0.4 is 60.9 Å². The van der Waals surface area contributed by atoms with Crippen LogP contribution >= 0.6 is 34.8 Å². The van der Waals surface area contributed by atoms with Gasteiger partial charge in [-0.2, -0.15) is 15.0 Å². The first-order valence-electron chi connectivity index (χ1n) is 40.4. The summed E-state index contributed by atoms with van der Waals surface area (Å²) in [5, 5.41) is 70.9. The highest BCUT2D eigenvalue weighted by molar-refractivity contribution is 6.18. The zero-order valence-corrected chi connectivity index (χ0v) is 70.3. The number of ether oxygens (including phenoxy) is 10. The van der Waals surface area contributed by atoms with E-state index < -0.39 is 84.4 Å². The number of rotatable bonds is 51. The molecule has 672 valence electrons. The second-order valence-corrected chi connectivity index (χ2v) is 28.6. The molecule has 1 aromatic carbocycles. The van der Waals surface area contributed by atoms with Gasteiger partial charge in [0.05, 0.1) is 127 Å². The topological polar surface area (TPSA) is 542 Å². The lowest BCUT2D eigenvalue weighted by Gasteiger charge is -2.15. The zero-order valence-electron chi connectivity index (χ0n) is 68.0. The van der Waals surface area contributed by atoms with E-state index >= 15 is 0 Å². The van der Waals surface area contributed by atoms with E-state index in [0.29, 0.717) is 128 Å². The second-order valence-electron chi connectivity index (χ2n) is 27.4. The number of benzene rings is 1. The SMILES string of the molecule is Nc1nc(=O)n([C@H]2CC(O)[C@@H](CO)O2)cc1C#CCNC(=O)CCCC(=O)NCCOCCOCCCCCCCl.Nc1nc(=O)n([C@H]2CC(O)[C@@H](CO)O2)cc1C#CCNC(=O)c1ccc(C(=O)NCCOCCOCCCCCCCl)cc1.Nc1nc(=O)n([C@H]2CC(O)[C@@H](CO)O2)cc1C#CCOC(=O)NCCOCCOCCCCCCCl. The fourth-order valence-electron chi connectivity index (χ4n) is 11.5. The number of anilines is 3. The number of nitrogens with zero attached hydrogens (tertiary/aromatic N) is 6. The van der Waals surface area contributed by atoms with E-state index in [0.717, 1.165) is 90.8 Å². The van der Waals surface area contributed by atoms with Crippen molar-refractivity contribution in [3.8, 4) is 35.5 Å². The molecule has 0 aliphatic carbocycles. The number of alkyl carbamates (subject to hydrolysis) is 1. The largest absolute Gasteiger partial charge is 0.436 e. The summed E-state index contributed by atoms with van der Waals surface area (Å²) < 4.78 is 57.7. The highest BCUT2D eigenvalue weighted by Gasteiger charge is 2.38. The number of nitrogens with one attached hydrogen (secondary N) is 5. The fourth-order valence-corrected chi connectivity index (χ4v) is 12.1. The first kappa shape index (κ1) is 103. The molecule has 9 atom stereocenters. The number of carbonyl (C=O) groups excluding carboxylic acids is 5. The van der Waals surface area contributed by atoms with Crippen LogP contribution in [-0.2, 0) is 57.0 Å². The smallest absolute Gasteiger partial charge is 0.408 e. The average Bonchev–Trinajstić information content (AvgIpc) is 1.71. The van der Waals surface area contributed by atoms with Gasteiger partial charge in [0.15, 0.2) is 6.61 Å². The van der Waals surface area contributed by atoms with E-state index in [4.69, 9.17) is 99.4 Å². The molecule has 0 spiro atoms. The van der Waals surface area contributed by atoms with Gasteiger partial charge in [-0.15, -0.1) is 34.8 Å². The highest BCUT2D eigenvalue weighted by Crippen LogP contribution is 2.30. The second kappa shape index (κ2) is 61.6. The molecule has 3 saturated heterocycles. The van der Waals surface area contributed by atoms with Crippen molar-refractivity contribution in [3.63, 3.8) is 0 Å². The molecule has 7 rings (SSSR count). The van der Waals surface area contributed by atoms with Gasteiger partial charge in [-0.25, -0.2) is 19.2 Å². The lowest BCUT2D eigenvalue weighted by Crippen LogP contribution is -2.29. The van der Waals surface area contributed by atoms with Gasteiger partial charge in [0.25, 0.3) is 11.8 Å². The van der Waals surface area contributed by atoms with Crippen molar-refractivity contribution in [3.05, 3.63) is 102 Å². The summed E-state index contributed by atoms with van der Waals surface area (Å²) in [6, 6.07) is 6.18. The number of hydrogen-bond donors (Lipinski definition) is 14. The van der Waals surface area contributed by atoms with Crippen LogP contribution in [0.1, 0.15) is 172 Å². The molecule has 3 aliphatic rings. The third kappa shape index (κ3) is 40.9. The maximum absolute atomic E-state index is 12.5. The summed E-state index contributed by atoms with van der Waals surface area (Å²) in [5.41, 5.74) is 16.9. The van der Waals surface area contributed by atoms with Crippen LogP contribution in [0.2, 0.25) is 0 Å². The van der Waals surface area contributed by atoms with Crippen molar-refractivity contribution < 1.29 is 102 Å². The summed E-state index contributed by atoms with van der Waals surface area (Å²) in [5.74, 6) is 17.1. The maximum atomic E-state index is 12.5. The molecule has 3 aliphatic heterocycles. The molecule has 0 bridgehead atoms. The normalized spacial score (nSPS) is 18.2. The molecule has 38 nitrogen and oxygen atoms in total. The molecule has 5 amide bonds. The van der Waals surface area contributed by atoms with Gasteiger partial charge in [0.2, 0.25) is 11.8 Å². The molecule has 4 aromatic rings. The van der Waals surface area contributed by atoms with E-state index in [1.807, 2.05) is 0 Å². The van der Waals surface area contributed by atoms with Crippen LogP contribution in [0.4, 0.5) is 22.2 Å². The number of alkyl halides is 3. The molecule has 41 heteroatoms. The number of aliphatic hydroxyl groups excluding tert-OH is 6. The van der Waals surface area contributed by atoms with Gasteiger partial charge < -0.3 is 122 Å². The van der Waals surface area contributed by atoms with Crippen molar-refractivity contribution in [2.24, 2.45) is 0 Å². The fraction of sp³-hybridized carbons (Fsp3) is 0.637. The van der Waals surface area contributed by atoms with Gasteiger partial charge >= 0.3 is 23.2 Å². The van der Waals surface area contributed by atoms with Crippen molar-refractivity contribution >= 4 is 82.0 Å². The van der Waals surface area contributed by atoms with Gasteiger partial charge in [-0.3, -0.25) is 32.9 Å². The standard InChI is InChI=1S/C30H40ClN5O8.C27H42ClN5O8.C23H35ClN4O8/c31-11-3-1-2-4-14-42-16-17-43-15-13-34-29(40)22-9-7-21(8-10-22)28(39)33-12-5-6-23-19-36(30(41)35-27(23)32)26-18-24(38)25(20-37)44-26;28-10-3-1-2-4-13-39-15-16-40-14-12-31-24(37)9-5-8-23(36)30-11-6-7-20-18-33(27(38)32-26(20)29)25-17-21(35)22(19-34)41-25;24-7-3-1-2-4-9-33-12-13-34-11-8-26-23(32)35-10-5-6-17-15-28(22(31)27-21(17)25)20-14-18(30)19(16-29)36-20/h7-10,19,24-26,37-38H,1-4,11-18,20H2,(H,33,39)(H,34,40)(H2,32,35,41);18,21-22,25,34-35H,1-5,8-17,19H2,(H,30,36)(H,31,37)(H2,29,32,38);15,18-20,29-30H,1-4,7-14,16H2,(H,26,32)(H2,25,27,31)/t24?,25-,26-;21?,22-,25-;18?,19-,20-/m111/s1. The minimum atomic E-state index is -0.926. The van der Waals surface area contributed by atoms with Crippen molar-refractivity contribution in [2.45, 2.75) is 171 Å². The zero-order chi connectivity index (χ0) is 87.8. The van der Waals surface area contributed by atoms with Crippen LogP contribution in [0, 0.1) is 35.5 Å². The van der Waals surface area contributed by atoms with Crippen LogP contribution in [0.5, 0.6) is 0 Å². The molecule has 3 aromatic heterocycles. The number of aromatic nitrogens is 6. The molecule has 6 heterocycles. The van der Waals surface area contributed by atoms with Crippen molar-refractivity contribution in [1.29, 1.82) is 0 Å². The minimum absolute atomic E-state index is 0.0233. The van der Waals surface area contributed by atoms with Gasteiger partial charge in [-0.05, 0) is 69.2 Å². The Morgan fingerprint density at radius 2 is 0.744 bits per heavy atom. The maximum Gasteiger partial charge on any atom is 0.408 e. The van der Waals surface area contributed by atoms with E-state index in [1.54, 1.807) is 12.1 Å². The van der Waals surface area contributed by atoms with Crippen molar-refractivity contribution in [2.75, 3.05) is 173 Å². The first-order valence-corrected chi connectivity index (χ1v) is 42.0. The highest BCUT2D eigenvalue weighted by atomic mass is 35.5. The Morgan fingerprint density at radius 3 is 1.11 bits per heavy atom. The van der Waals surface area contributed by atoms with E-state index in [-0.39, 0.29) is 130 Å². The Balaban J connectivity index is 0.000000325. The van der Waals surface area contributed by atoms with E-state index in [2.05, 4.69) is 77.1 Å². The molecule has 17 N–H and O–H groups in total. The summed E-state index contributed by atoms with van der Waals surface area (Å²) in [4.78, 5) is 108. The Bertz CT molecular complexity index is 4120. The number of halogens is 3. The predicted molar refractivity (Wildman–Crippen MR) is 447 cm³/mol. The third-order valence-corrected chi connectivity index (χ3v) is 19.0. The van der Waals surface area contributed by atoms with Gasteiger partial charge in [-0.1, -0.05) is 74.0 Å². The van der Waals surface area contributed by atoms with Crippen LogP contribution in [0.3, 0.4) is 0 Å². The third-order valence-electron chi connectivity index (χ3n) is 18.1. The summed E-state index contributed by atoms with van der Waals surface area (Å²) >= 11 is 16.9.